The highest BCUT2D eigenvalue weighted by atomic mass is 32.1. The van der Waals surface area contributed by atoms with Crippen molar-refractivity contribution in [2.45, 2.75) is 25.9 Å². The summed E-state index contributed by atoms with van der Waals surface area (Å²) in [6.07, 6.45) is 3.95. The van der Waals surface area contributed by atoms with Crippen molar-refractivity contribution < 1.29 is 9.53 Å². The van der Waals surface area contributed by atoms with Crippen molar-refractivity contribution in [3.63, 3.8) is 0 Å². The first-order chi connectivity index (χ1) is 7.25. The summed E-state index contributed by atoms with van der Waals surface area (Å²) in [6, 6.07) is 0. The lowest BCUT2D eigenvalue weighted by Crippen LogP contribution is -2.31. The predicted octanol–water partition coefficient (Wildman–Crippen LogP) is 1.36. The SMILES string of the molecule is Cc1ncc(C(=O)NCC2CCCO2)s1. The number of hydrogen-bond donors (Lipinski definition) is 1. The average Bonchev–Trinajstić information content (AvgIpc) is 2.84. The Bertz CT molecular complexity index is 345. The normalized spacial score (nSPS) is 20.5. The molecule has 0 aromatic carbocycles. The second kappa shape index (κ2) is 4.72. The summed E-state index contributed by atoms with van der Waals surface area (Å²) in [5.74, 6) is -0.0453. The molecule has 1 saturated heterocycles. The summed E-state index contributed by atoms with van der Waals surface area (Å²) < 4.78 is 5.42. The third-order valence-electron chi connectivity index (χ3n) is 2.36. The zero-order valence-electron chi connectivity index (χ0n) is 8.66. The fourth-order valence-electron chi connectivity index (χ4n) is 1.57. The number of carbonyl (C=O) groups is 1. The quantitative estimate of drug-likeness (QED) is 0.846. The number of hydrogen-bond acceptors (Lipinski definition) is 4. The molecule has 0 radical (unpaired) electrons. The highest BCUT2D eigenvalue weighted by Crippen LogP contribution is 2.13. The zero-order chi connectivity index (χ0) is 10.7. The van der Waals surface area contributed by atoms with E-state index in [1.165, 1.54) is 11.3 Å². The number of aryl methyl sites for hydroxylation is 1. The second-order valence-electron chi connectivity index (χ2n) is 3.59. The molecule has 82 valence electrons. The molecule has 0 spiro atoms. The van der Waals surface area contributed by atoms with Crippen LogP contribution < -0.4 is 5.32 Å². The fourth-order valence-corrected chi connectivity index (χ4v) is 2.26. The Kier molecular flexibility index (Phi) is 3.33. The van der Waals surface area contributed by atoms with Gasteiger partial charge in [-0.1, -0.05) is 0 Å². The summed E-state index contributed by atoms with van der Waals surface area (Å²) in [4.78, 5) is 16.3. The van der Waals surface area contributed by atoms with E-state index in [2.05, 4.69) is 10.3 Å². The van der Waals surface area contributed by atoms with Gasteiger partial charge in [-0.2, -0.15) is 0 Å². The van der Waals surface area contributed by atoms with Gasteiger partial charge in [0.05, 0.1) is 17.3 Å². The van der Waals surface area contributed by atoms with Gasteiger partial charge >= 0.3 is 0 Å². The lowest BCUT2D eigenvalue weighted by Gasteiger charge is -2.09. The maximum atomic E-state index is 11.6. The van der Waals surface area contributed by atoms with Gasteiger partial charge in [-0.25, -0.2) is 4.98 Å². The number of carbonyl (C=O) groups excluding carboxylic acids is 1. The van der Waals surface area contributed by atoms with Crippen molar-refractivity contribution in [2.75, 3.05) is 13.2 Å². The van der Waals surface area contributed by atoms with Crippen molar-refractivity contribution in [1.82, 2.24) is 10.3 Å². The monoisotopic (exact) mass is 226 g/mol. The highest BCUT2D eigenvalue weighted by molar-refractivity contribution is 7.13. The first kappa shape index (κ1) is 10.6. The highest BCUT2D eigenvalue weighted by Gasteiger charge is 2.17. The number of thiazole rings is 1. The van der Waals surface area contributed by atoms with Crippen LogP contribution in [0.2, 0.25) is 0 Å². The number of nitrogens with one attached hydrogen (secondary N) is 1. The maximum absolute atomic E-state index is 11.6. The molecule has 4 nitrogen and oxygen atoms in total. The molecule has 5 heteroatoms. The molecule has 1 amide bonds. The minimum Gasteiger partial charge on any atom is -0.376 e. The van der Waals surface area contributed by atoms with E-state index in [4.69, 9.17) is 4.74 Å². The van der Waals surface area contributed by atoms with Crippen LogP contribution in [0.25, 0.3) is 0 Å². The molecule has 1 aromatic rings. The van der Waals surface area contributed by atoms with Gasteiger partial charge in [0.15, 0.2) is 0 Å². The second-order valence-corrected chi connectivity index (χ2v) is 4.82. The van der Waals surface area contributed by atoms with E-state index in [-0.39, 0.29) is 12.0 Å². The summed E-state index contributed by atoms with van der Waals surface area (Å²) in [7, 11) is 0. The van der Waals surface area contributed by atoms with Crippen LogP contribution in [0.4, 0.5) is 0 Å². The molecule has 1 N–H and O–H groups in total. The van der Waals surface area contributed by atoms with E-state index in [1.54, 1.807) is 6.20 Å². The van der Waals surface area contributed by atoms with E-state index >= 15 is 0 Å². The molecule has 0 saturated carbocycles. The zero-order valence-corrected chi connectivity index (χ0v) is 9.47. The smallest absolute Gasteiger partial charge is 0.263 e. The molecule has 0 bridgehead atoms. The Morgan fingerprint density at radius 3 is 3.27 bits per heavy atom. The van der Waals surface area contributed by atoms with E-state index in [0.29, 0.717) is 11.4 Å². The molecule has 1 unspecified atom stereocenters. The Hall–Kier alpha value is -0.940. The molecular weight excluding hydrogens is 212 g/mol. The number of ether oxygens (including phenoxy) is 1. The van der Waals surface area contributed by atoms with Gasteiger partial charge in [-0.3, -0.25) is 4.79 Å². The third kappa shape index (κ3) is 2.76. The van der Waals surface area contributed by atoms with Crippen LogP contribution in [0.1, 0.15) is 27.5 Å². The van der Waals surface area contributed by atoms with Crippen LogP contribution in [0.15, 0.2) is 6.20 Å². The summed E-state index contributed by atoms with van der Waals surface area (Å²) in [5, 5.41) is 3.77. The van der Waals surface area contributed by atoms with Gasteiger partial charge in [-0.05, 0) is 19.8 Å². The minimum absolute atomic E-state index is 0.0453. The number of amides is 1. The van der Waals surface area contributed by atoms with E-state index in [9.17, 15) is 4.79 Å². The first-order valence-electron chi connectivity index (χ1n) is 5.08. The Labute approximate surface area is 92.7 Å². The van der Waals surface area contributed by atoms with Gasteiger partial charge in [0.25, 0.3) is 5.91 Å². The van der Waals surface area contributed by atoms with Crippen molar-refractivity contribution in [3.05, 3.63) is 16.1 Å². The van der Waals surface area contributed by atoms with Gasteiger partial charge < -0.3 is 10.1 Å². The number of rotatable bonds is 3. The van der Waals surface area contributed by atoms with E-state index < -0.39 is 0 Å². The standard InChI is InChI=1S/C10H14N2O2S/c1-7-11-6-9(15-7)10(13)12-5-8-3-2-4-14-8/h6,8H,2-5H2,1H3,(H,12,13). The molecule has 1 atom stereocenters. The summed E-state index contributed by atoms with van der Waals surface area (Å²) in [5.41, 5.74) is 0. The van der Waals surface area contributed by atoms with Crippen LogP contribution >= 0.6 is 11.3 Å². The van der Waals surface area contributed by atoms with Gasteiger partial charge in [-0.15, -0.1) is 11.3 Å². The molecule has 1 fully saturated rings. The van der Waals surface area contributed by atoms with Crippen molar-refractivity contribution >= 4 is 17.2 Å². The Balaban J connectivity index is 1.81. The largest absolute Gasteiger partial charge is 0.376 e. The molecule has 15 heavy (non-hydrogen) atoms. The summed E-state index contributed by atoms with van der Waals surface area (Å²) >= 11 is 1.41. The summed E-state index contributed by atoms with van der Waals surface area (Å²) in [6.45, 7) is 3.32. The maximum Gasteiger partial charge on any atom is 0.263 e. The molecule has 1 aromatic heterocycles. The first-order valence-corrected chi connectivity index (χ1v) is 5.89. The molecule has 2 rings (SSSR count). The number of aromatic nitrogens is 1. The molecule has 1 aliphatic heterocycles. The van der Waals surface area contributed by atoms with Gasteiger partial charge in [0.1, 0.15) is 4.88 Å². The lowest BCUT2D eigenvalue weighted by molar-refractivity contribution is 0.0861. The van der Waals surface area contributed by atoms with Crippen LogP contribution in [0, 0.1) is 6.92 Å². The fraction of sp³-hybridized carbons (Fsp3) is 0.600. The van der Waals surface area contributed by atoms with E-state index in [0.717, 1.165) is 24.5 Å². The van der Waals surface area contributed by atoms with Crippen LogP contribution in [-0.4, -0.2) is 30.1 Å². The average molecular weight is 226 g/mol. The lowest BCUT2D eigenvalue weighted by atomic mass is 10.2. The van der Waals surface area contributed by atoms with Crippen molar-refractivity contribution in [3.8, 4) is 0 Å². The molecular formula is C10H14N2O2S. The Morgan fingerprint density at radius 1 is 1.80 bits per heavy atom. The number of nitrogens with zero attached hydrogens (tertiary/aromatic N) is 1. The Morgan fingerprint density at radius 2 is 2.67 bits per heavy atom. The minimum atomic E-state index is -0.0453. The topological polar surface area (TPSA) is 51.2 Å². The van der Waals surface area contributed by atoms with Crippen molar-refractivity contribution in [2.24, 2.45) is 0 Å². The third-order valence-corrected chi connectivity index (χ3v) is 3.27. The van der Waals surface area contributed by atoms with Crippen LogP contribution in [0.5, 0.6) is 0 Å². The van der Waals surface area contributed by atoms with Crippen molar-refractivity contribution in [1.29, 1.82) is 0 Å². The van der Waals surface area contributed by atoms with Gasteiger partial charge in [0, 0.05) is 13.2 Å². The molecule has 2 heterocycles. The van der Waals surface area contributed by atoms with Crippen LogP contribution in [-0.2, 0) is 4.74 Å². The van der Waals surface area contributed by atoms with E-state index in [1.807, 2.05) is 6.92 Å². The van der Waals surface area contributed by atoms with Gasteiger partial charge in [0.2, 0.25) is 0 Å². The molecule has 0 aliphatic carbocycles. The van der Waals surface area contributed by atoms with Crippen LogP contribution in [0.3, 0.4) is 0 Å². The molecule has 1 aliphatic rings. The predicted molar refractivity (Wildman–Crippen MR) is 58.2 cm³/mol.